The van der Waals surface area contributed by atoms with E-state index in [0.717, 1.165) is 11.5 Å². The van der Waals surface area contributed by atoms with E-state index in [1.807, 2.05) is 6.92 Å². The molecule has 0 aromatic carbocycles. The van der Waals surface area contributed by atoms with E-state index in [1.54, 1.807) is 18.7 Å². The normalized spacial score (nSPS) is 16.8. The first kappa shape index (κ1) is 10.3. The van der Waals surface area contributed by atoms with E-state index < -0.39 is 0 Å². The van der Waals surface area contributed by atoms with Gasteiger partial charge in [0.2, 0.25) is 0 Å². The highest BCUT2D eigenvalue weighted by Gasteiger charge is 2.00. The standard InChI is InChI=1S/C7H16O2S/c1-6(3-8)4-10-5-7(2)9/h6-9H,3-5H2,1-2H3. The zero-order valence-electron chi connectivity index (χ0n) is 6.58. The van der Waals surface area contributed by atoms with Crippen LogP contribution in [0.3, 0.4) is 0 Å². The molecule has 2 atom stereocenters. The van der Waals surface area contributed by atoms with Crippen molar-refractivity contribution >= 4 is 11.8 Å². The lowest BCUT2D eigenvalue weighted by Gasteiger charge is -2.07. The average Bonchev–Trinajstić information content (AvgIpc) is 1.87. The van der Waals surface area contributed by atoms with Crippen LogP contribution in [0.15, 0.2) is 0 Å². The quantitative estimate of drug-likeness (QED) is 0.629. The van der Waals surface area contributed by atoms with Gasteiger partial charge >= 0.3 is 0 Å². The van der Waals surface area contributed by atoms with Crippen molar-refractivity contribution in [3.8, 4) is 0 Å². The zero-order chi connectivity index (χ0) is 7.98. The van der Waals surface area contributed by atoms with Crippen LogP contribution in [-0.2, 0) is 0 Å². The lowest BCUT2D eigenvalue weighted by atomic mass is 10.2. The van der Waals surface area contributed by atoms with Crippen LogP contribution in [-0.4, -0.2) is 34.4 Å². The van der Waals surface area contributed by atoms with Gasteiger partial charge in [0.1, 0.15) is 0 Å². The zero-order valence-corrected chi connectivity index (χ0v) is 7.40. The van der Waals surface area contributed by atoms with Crippen molar-refractivity contribution in [3.63, 3.8) is 0 Å². The SMILES string of the molecule is CC(O)CSCC(C)CO. The van der Waals surface area contributed by atoms with E-state index in [0.29, 0.717) is 5.92 Å². The summed E-state index contributed by atoms with van der Waals surface area (Å²) >= 11 is 1.68. The van der Waals surface area contributed by atoms with E-state index in [4.69, 9.17) is 10.2 Å². The van der Waals surface area contributed by atoms with Crippen LogP contribution in [0.25, 0.3) is 0 Å². The number of aliphatic hydroxyl groups is 2. The molecule has 0 fully saturated rings. The molecule has 2 nitrogen and oxygen atoms in total. The number of thioether (sulfide) groups is 1. The lowest BCUT2D eigenvalue weighted by Crippen LogP contribution is -2.08. The van der Waals surface area contributed by atoms with Crippen molar-refractivity contribution in [2.75, 3.05) is 18.1 Å². The highest BCUT2D eigenvalue weighted by molar-refractivity contribution is 7.99. The Morgan fingerprint density at radius 3 is 2.30 bits per heavy atom. The monoisotopic (exact) mass is 164 g/mol. The van der Waals surface area contributed by atoms with Gasteiger partial charge in [-0.25, -0.2) is 0 Å². The third-order valence-corrected chi connectivity index (χ3v) is 2.60. The van der Waals surface area contributed by atoms with Gasteiger partial charge in [-0.2, -0.15) is 11.8 Å². The fraction of sp³-hybridized carbons (Fsp3) is 1.00. The third-order valence-electron chi connectivity index (χ3n) is 1.07. The maximum Gasteiger partial charge on any atom is 0.0602 e. The Kier molecular flexibility index (Phi) is 6.17. The predicted molar refractivity (Wildman–Crippen MR) is 45.3 cm³/mol. The summed E-state index contributed by atoms with van der Waals surface area (Å²) in [6.07, 6.45) is -0.226. The molecule has 0 saturated heterocycles. The molecule has 0 heterocycles. The van der Waals surface area contributed by atoms with Gasteiger partial charge in [-0.15, -0.1) is 0 Å². The number of hydrogen-bond donors (Lipinski definition) is 2. The molecule has 0 aromatic heterocycles. The van der Waals surface area contributed by atoms with Gasteiger partial charge in [-0.3, -0.25) is 0 Å². The van der Waals surface area contributed by atoms with Crippen molar-refractivity contribution in [1.82, 2.24) is 0 Å². The van der Waals surface area contributed by atoms with E-state index in [9.17, 15) is 0 Å². The smallest absolute Gasteiger partial charge is 0.0602 e. The minimum atomic E-state index is -0.226. The maximum atomic E-state index is 8.85. The molecule has 62 valence electrons. The Hall–Kier alpha value is 0.270. The Balaban J connectivity index is 3.03. The van der Waals surface area contributed by atoms with Crippen LogP contribution < -0.4 is 0 Å². The van der Waals surface area contributed by atoms with E-state index in [2.05, 4.69) is 0 Å². The van der Waals surface area contributed by atoms with Crippen LogP contribution in [0.1, 0.15) is 13.8 Å². The first-order valence-electron chi connectivity index (χ1n) is 3.53. The van der Waals surface area contributed by atoms with Gasteiger partial charge in [-0.05, 0) is 18.6 Å². The van der Waals surface area contributed by atoms with E-state index in [-0.39, 0.29) is 12.7 Å². The summed E-state index contributed by atoms with van der Waals surface area (Å²) in [6, 6.07) is 0. The van der Waals surface area contributed by atoms with Crippen molar-refractivity contribution in [1.29, 1.82) is 0 Å². The molecule has 0 radical (unpaired) electrons. The Labute approximate surface area is 66.6 Å². The second-order valence-corrected chi connectivity index (χ2v) is 3.75. The van der Waals surface area contributed by atoms with E-state index in [1.165, 1.54) is 0 Å². The van der Waals surface area contributed by atoms with Gasteiger partial charge in [0.25, 0.3) is 0 Å². The van der Waals surface area contributed by atoms with Crippen LogP contribution in [0.4, 0.5) is 0 Å². The van der Waals surface area contributed by atoms with Crippen LogP contribution in [0.2, 0.25) is 0 Å². The molecule has 3 heteroatoms. The third kappa shape index (κ3) is 6.39. The van der Waals surface area contributed by atoms with Crippen molar-refractivity contribution < 1.29 is 10.2 Å². The molecule has 0 bridgehead atoms. The first-order chi connectivity index (χ1) is 4.66. The summed E-state index contributed by atoms with van der Waals surface area (Å²) in [5.74, 6) is 2.05. The molecule has 2 N–H and O–H groups in total. The fourth-order valence-corrected chi connectivity index (χ4v) is 1.48. The second-order valence-electron chi connectivity index (χ2n) is 2.67. The van der Waals surface area contributed by atoms with Crippen molar-refractivity contribution in [2.24, 2.45) is 5.92 Å². The summed E-state index contributed by atoms with van der Waals surface area (Å²) < 4.78 is 0. The summed E-state index contributed by atoms with van der Waals surface area (Å²) in [5.41, 5.74) is 0. The lowest BCUT2D eigenvalue weighted by molar-refractivity contribution is 0.220. The summed E-state index contributed by atoms with van der Waals surface area (Å²) in [5, 5.41) is 17.5. The number of aliphatic hydroxyl groups excluding tert-OH is 2. The molecule has 0 amide bonds. The van der Waals surface area contributed by atoms with Crippen molar-refractivity contribution in [2.45, 2.75) is 20.0 Å². The molecule has 2 unspecified atom stereocenters. The summed E-state index contributed by atoms with van der Waals surface area (Å²) in [4.78, 5) is 0. The molecule has 0 spiro atoms. The average molecular weight is 164 g/mol. The minimum absolute atomic E-state index is 0.226. The molecule has 0 rings (SSSR count). The van der Waals surface area contributed by atoms with Crippen LogP contribution in [0.5, 0.6) is 0 Å². The molecular formula is C7H16O2S. The largest absolute Gasteiger partial charge is 0.396 e. The summed E-state index contributed by atoms with van der Waals surface area (Å²) in [7, 11) is 0. The molecular weight excluding hydrogens is 148 g/mol. The van der Waals surface area contributed by atoms with Gasteiger partial charge in [0, 0.05) is 12.4 Å². The molecule has 0 aliphatic heterocycles. The second kappa shape index (κ2) is 6.01. The minimum Gasteiger partial charge on any atom is -0.396 e. The Morgan fingerprint density at radius 2 is 1.90 bits per heavy atom. The Bertz CT molecular complexity index is 76.0. The maximum absolute atomic E-state index is 8.85. The van der Waals surface area contributed by atoms with Crippen LogP contribution in [0, 0.1) is 5.92 Å². The first-order valence-corrected chi connectivity index (χ1v) is 4.69. The van der Waals surface area contributed by atoms with Gasteiger partial charge in [-0.1, -0.05) is 6.92 Å². The van der Waals surface area contributed by atoms with Gasteiger partial charge < -0.3 is 10.2 Å². The highest BCUT2D eigenvalue weighted by atomic mass is 32.2. The van der Waals surface area contributed by atoms with Gasteiger partial charge in [0.15, 0.2) is 0 Å². The molecule has 0 aliphatic carbocycles. The molecule has 0 saturated carbocycles. The van der Waals surface area contributed by atoms with Crippen LogP contribution >= 0.6 is 11.8 Å². The summed E-state index contributed by atoms with van der Waals surface area (Å²) in [6.45, 7) is 4.01. The fourth-order valence-electron chi connectivity index (χ4n) is 0.492. The predicted octanol–water partition coefficient (Wildman–Crippen LogP) is 0.729. The molecule has 10 heavy (non-hydrogen) atoms. The van der Waals surface area contributed by atoms with Gasteiger partial charge in [0.05, 0.1) is 6.10 Å². The topological polar surface area (TPSA) is 40.5 Å². The van der Waals surface area contributed by atoms with Crippen molar-refractivity contribution in [3.05, 3.63) is 0 Å². The molecule has 0 aromatic rings. The number of hydrogen-bond acceptors (Lipinski definition) is 3. The van der Waals surface area contributed by atoms with E-state index >= 15 is 0 Å². The molecule has 0 aliphatic rings. The number of rotatable bonds is 5. The Morgan fingerprint density at radius 1 is 1.30 bits per heavy atom. The highest BCUT2D eigenvalue weighted by Crippen LogP contribution is 2.08.